The van der Waals surface area contributed by atoms with Gasteiger partial charge in [-0.05, 0) is 30.1 Å². The third-order valence-corrected chi connectivity index (χ3v) is 5.46. The van der Waals surface area contributed by atoms with Crippen LogP contribution in [0.15, 0.2) is 0 Å². The number of esters is 1. The van der Waals surface area contributed by atoms with Crippen LogP contribution in [0.25, 0.3) is 0 Å². The molecule has 0 aromatic rings. The molecule has 0 aromatic carbocycles. The smallest absolute Gasteiger partial charge is 0.455 e. The van der Waals surface area contributed by atoms with E-state index >= 15 is 0 Å². The van der Waals surface area contributed by atoms with Gasteiger partial charge in [0, 0.05) is 0 Å². The van der Waals surface area contributed by atoms with Gasteiger partial charge >= 0.3 is 12.1 Å². The van der Waals surface area contributed by atoms with Crippen LogP contribution in [0.2, 0.25) is 0 Å². The number of nitrogens with two attached hydrogens (primary N) is 1. The Labute approximate surface area is 114 Å². The lowest BCUT2D eigenvalue weighted by Gasteiger charge is -2.67. The molecule has 0 heterocycles. The highest BCUT2D eigenvalue weighted by Gasteiger charge is 2.70. The topological polar surface area (TPSA) is 69.4 Å². The molecule has 3 aliphatic carbocycles. The standard InChI is InChI=1S/C13H18F3NO3/c1-6-7-4-12(9(17)18,11(7,2)3)5-8(6)20-10(19)13(14,15)16/h6-8H,4-5H2,1-3H3,(H2,17,18)/t6-,7-,8-,12?/m0/s1. The number of halogens is 3. The highest BCUT2D eigenvalue weighted by molar-refractivity contribution is 5.84. The van der Waals surface area contributed by atoms with Crippen molar-refractivity contribution in [2.75, 3.05) is 0 Å². The van der Waals surface area contributed by atoms with Gasteiger partial charge in [-0.15, -0.1) is 0 Å². The van der Waals surface area contributed by atoms with Gasteiger partial charge in [-0.1, -0.05) is 20.8 Å². The summed E-state index contributed by atoms with van der Waals surface area (Å²) in [4.78, 5) is 22.7. The Morgan fingerprint density at radius 2 is 1.80 bits per heavy atom. The third kappa shape index (κ3) is 1.82. The van der Waals surface area contributed by atoms with E-state index < -0.39 is 29.6 Å². The summed E-state index contributed by atoms with van der Waals surface area (Å²) in [5.41, 5.74) is 4.19. The van der Waals surface area contributed by atoms with Crippen molar-refractivity contribution in [1.29, 1.82) is 0 Å². The molecular formula is C13H18F3NO3. The summed E-state index contributed by atoms with van der Waals surface area (Å²) in [6, 6.07) is 0. The zero-order chi connectivity index (χ0) is 15.5. The SMILES string of the molecule is C[C@@H]1[C@@H](OC(=O)C(F)(F)F)CC2(C(N)=O)C[C@@H]1C2(C)C. The van der Waals surface area contributed by atoms with Crippen LogP contribution in [-0.4, -0.2) is 24.2 Å². The fourth-order valence-corrected chi connectivity index (χ4v) is 3.97. The summed E-state index contributed by atoms with van der Waals surface area (Å²) in [6.45, 7) is 5.54. The number of rotatable bonds is 2. The fraction of sp³-hybridized carbons (Fsp3) is 0.846. The summed E-state index contributed by atoms with van der Waals surface area (Å²) in [7, 11) is 0. The van der Waals surface area contributed by atoms with Gasteiger partial charge in [-0.3, -0.25) is 4.79 Å². The maximum absolute atomic E-state index is 12.3. The predicted octanol–water partition coefficient (Wildman–Crippen LogP) is 2.02. The van der Waals surface area contributed by atoms with E-state index in [0.717, 1.165) is 0 Å². The quantitative estimate of drug-likeness (QED) is 0.792. The predicted molar refractivity (Wildman–Crippen MR) is 63.2 cm³/mol. The molecule has 0 aliphatic heterocycles. The Bertz CT molecular complexity index is 460. The third-order valence-electron chi connectivity index (χ3n) is 5.46. The highest BCUT2D eigenvalue weighted by atomic mass is 19.4. The van der Waals surface area contributed by atoms with Crippen molar-refractivity contribution in [2.45, 2.75) is 45.9 Å². The minimum Gasteiger partial charge on any atom is -0.455 e. The Morgan fingerprint density at radius 3 is 2.20 bits per heavy atom. The molecule has 3 saturated carbocycles. The second kappa shape index (κ2) is 4.11. The largest absolute Gasteiger partial charge is 0.490 e. The maximum atomic E-state index is 12.3. The monoisotopic (exact) mass is 293 g/mol. The summed E-state index contributed by atoms with van der Waals surface area (Å²) in [5.74, 6) is -2.93. The van der Waals surface area contributed by atoms with Crippen LogP contribution < -0.4 is 5.73 Å². The van der Waals surface area contributed by atoms with Crippen LogP contribution in [0.3, 0.4) is 0 Å². The minimum absolute atomic E-state index is 0.0229. The number of carbonyl (C=O) groups is 2. The minimum atomic E-state index is -5.02. The molecule has 3 rings (SSSR count). The van der Waals surface area contributed by atoms with E-state index in [4.69, 9.17) is 5.73 Å². The number of primary amides is 1. The Morgan fingerprint density at radius 1 is 1.25 bits per heavy atom. The van der Waals surface area contributed by atoms with Gasteiger partial charge in [0.25, 0.3) is 0 Å². The molecule has 4 nitrogen and oxygen atoms in total. The van der Waals surface area contributed by atoms with Crippen molar-refractivity contribution in [3.63, 3.8) is 0 Å². The summed E-state index contributed by atoms with van der Waals surface area (Å²) in [5, 5.41) is 0. The first-order chi connectivity index (χ1) is 8.93. The molecule has 0 spiro atoms. The molecule has 7 heteroatoms. The Hall–Kier alpha value is -1.27. The van der Waals surface area contributed by atoms with E-state index in [9.17, 15) is 22.8 Å². The Balaban J connectivity index is 2.20. The van der Waals surface area contributed by atoms with E-state index in [1.165, 1.54) is 0 Å². The molecule has 2 bridgehead atoms. The van der Waals surface area contributed by atoms with Crippen LogP contribution in [0, 0.1) is 22.7 Å². The van der Waals surface area contributed by atoms with Crippen molar-refractivity contribution in [1.82, 2.24) is 0 Å². The number of hydrogen-bond acceptors (Lipinski definition) is 3. The van der Waals surface area contributed by atoms with Gasteiger partial charge in [0.15, 0.2) is 0 Å². The molecule has 3 aliphatic rings. The van der Waals surface area contributed by atoms with Crippen molar-refractivity contribution in [3.8, 4) is 0 Å². The number of hydrogen-bond donors (Lipinski definition) is 1. The maximum Gasteiger partial charge on any atom is 0.490 e. The van der Waals surface area contributed by atoms with Gasteiger partial charge < -0.3 is 10.5 Å². The molecule has 2 N–H and O–H groups in total. The van der Waals surface area contributed by atoms with Crippen LogP contribution in [0.5, 0.6) is 0 Å². The second-order valence-corrected chi connectivity index (χ2v) is 6.48. The Kier molecular flexibility index (Phi) is 3.11. The number of amides is 1. The number of alkyl halides is 3. The average Bonchev–Trinajstić information content (AvgIpc) is 2.28. The number of ether oxygens (including phenoxy) is 1. The van der Waals surface area contributed by atoms with Crippen LogP contribution in [-0.2, 0) is 14.3 Å². The van der Waals surface area contributed by atoms with Gasteiger partial charge in [0.05, 0.1) is 5.41 Å². The van der Waals surface area contributed by atoms with E-state index in [1.807, 2.05) is 13.8 Å². The molecule has 4 atom stereocenters. The normalized spacial score (nSPS) is 38.8. The number of carbonyl (C=O) groups excluding carboxylic acids is 2. The van der Waals surface area contributed by atoms with Crippen molar-refractivity contribution in [3.05, 3.63) is 0 Å². The lowest BCUT2D eigenvalue weighted by molar-refractivity contribution is -0.244. The van der Waals surface area contributed by atoms with Crippen molar-refractivity contribution < 1.29 is 27.5 Å². The molecule has 1 unspecified atom stereocenters. The molecule has 0 aromatic heterocycles. The van der Waals surface area contributed by atoms with Crippen molar-refractivity contribution in [2.24, 2.45) is 28.4 Å². The molecule has 0 saturated heterocycles. The zero-order valence-corrected chi connectivity index (χ0v) is 11.6. The first-order valence-electron chi connectivity index (χ1n) is 6.51. The summed E-state index contributed by atoms with van der Waals surface area (Å²) >= 11 is 0. The van der Waals surface area contributed by atoms with Gasteiger partial charge in [0.1, 0.15) is 6.10 Å². The van der Waals surface area contributed by atoms with Gasteiger partial charge in [-0.25, -0.2) is 4.79 Å². The van der Waals surface area contributed by atoms with E-state index in [0.29, 0.717) is 6.42 Å². The zero-order valence-electron chi connectivity index (χ0n) is 11.6. The lowest BCUT2D eigenvalue weighted by Crippen LogP contribution is -2.69. The molecule has 20 heavy (non-hydrogen) atoms. The molecule has 114 valence electrons. The van der Waals surface area contributed by atoms with E-state index in [2.05, 4.69) is 4.74 Å². The van der Waals surface area contributed by atoms with Crippen LogP contribution in [0.4, 0.5) is 13.2 Å². The average molecular weight is 293 g/mol. The highest BCUT2D eigenvalue weighted by Crippen LogP contribution is 2.69. The summed E-state index contributed by atoms with van der Waals surface area (Å²) in [6.07, 6.45) is -5.31. The van der Waals surface area contributed by atoms with Crippen molar-refractivity contribution >= 4 is 11.9 Å². The molecule has 0 radical (unpaired) electrons. The van der Waals surface area contributed by atoms with E-state index in [-0.39, 0.29) is 23.7 Å². The lowest BCUT2D eigenvalue weighted by atomic mass is 9.36. The first-order valence-corrected chi connectivity index (χ1v) is 6.51. The van der Waals surface area contributed by atoms with Gasteiger partial charge in [0.2, 0.25) is 5.91 Å². The van der Waals surface area contributed by atoms with E-state index in [1.54, 1.807) is 6.92 Å². The van der Waals surface area contributed by atoms with Gasteiger partial charge in [-0.2, -0.15) is 13.2 Å². The molecular weight excluding hydrogens is 275 g/mol. The van der Waals surface area contributed by atoms with Crippen LogP contribution >= 0.6 is 0 Å². The first kappa shape index (κ1) is 15.1. The molecule has 1 amide bonds. The van der Waals surface area contributed by atoms with Crippen LogP contribution in [0.1, 0.15) is 33.6 Å². The number of fused-ring (bicyclic) bond motifs is 2. The summed E-state index contributed by atoms with van der Waals surface area (Å²) < 4.78 is 41.4. The molecule has 3 fully saturated rings. The fourth-order valence-electron chi connectivity index (χ4n) is 3.97. The second-order valence-electron chi connectivity index (χ2n) is 6.48.